The number of methoxy groups -OCH3 is 1. The van der Waals surface area contributed by atoms with Crippen LogP contribution in [0.1, 0.15) is 6.92 Å². The zero-order chi connectivity index (χ0) is 11.1. The van der Waals surface area contributed by atoms with Crippen LogP contribution in [0, 0.1) is 0 Å². The van der Waals surface area contributed by atoms with Gasteiger partial charge < -0.3 is 19.9 Å². The van der Waals surface area contributed by atoms with Crippen LogP contribution in [0.15, 0.2) is 0 Å². The van der Waals surface area contributed by atoms with Crippen LogP contribution in [-0.2, 0) is 4.74 Å². The molecule has 0 radical (unpaired) electrons. The molecule has 0 amide bonds. The van der Waals surface area contributed by atoms with E-state index in [4.69, 9.17) is 19.9 Å². The number of rotatable bonds is 6. The molecule has 84 valence electrons. The number of nitrogen functional groups attached to an aromatic ring is 1. The molecule has 1 heterocycles. The van der Waals surface area contributed by atoms with Gasteiger partial charge in [0.25, 0.3) is 0 Å². The highest BCUT2D eigenvalue weighted by atomic mass is 16.5. The van der Waals surface area contributed by atoms with Crippen molar-refractivity contribution in [2.24, 2.45) is 0 Å². The fraction of sp³-hybridized carbons (Fsp3) is 0.625. The monoisotopic (exact) mass is 214 g/mol. The first-order chi connectivity index (χ1) is 7.26. The van der Waals surface area contributed by atoms with Gasteiger partial charge in [-0.1, -0.05) is 0 Å². The van der Waals surface area contributed by atoms with Gasteiger partial charge in [0.1, 0.15) is 6.61 Å². The van der Waals surface area contributed by atoms with E-state index in [-0.39, 0.29) is 18.0 Å². The molecule has 0 aliphatic heterocycles. The zero-order valence-electron chi connectivity index (χ0n) is 8.77. The Morgan fingerprint density at radius 2 is 1.87 bits per heavy atom. The lowest BCUT2D eigenvalue weighted by Crippen LogP contribution is -2.10. The predicted molar refractivity (Wildman–Crippen MR) is 52.8 cm³/mol. The molecule has 1 rings (SSSR count). The van der Waals surface area contributed by atoms with Crippen LogP contribution < -0.4 is 15.2 Å². The van der Waals surface area contributed by atoms with Crippen LogP contribution in [-0.4, -0.2) is 41.9 Å². The maximum atomic E-state index is 5.41. The molecule has 0 saturated carbocycles. The van der Waals surface area contributed by atoms with Crippen LogP contribution in [0.3, 0.4) is 0 Å². The third-order valence-corrected chi connectivity index (χ3v) is 1.46. The van der Waals surface area contributed by atoms with Gasteiger partial charge in [-0.25, -0.2) is 0 Å². The summed E-state index contributed by atoms with van der Waals surface area (Å²) in [5.74, 6) is 0.0632. The molecule has 2 N–H and O–H groups in total. The highest BCUT2D eigenvalue weighted by molar-refractivity contribution is 5.20. The van der Waals surface area contributed by atoms with Crippen molar-refractivity contribution in [2.45, 2.75) is 6.92 Å². The van der Waals surface area contributed by atoms with E-state index in [1.54, 1.807) is 0 Å². The maximum Gasteiger partial charge on any atom is 0.324 e. The molecule has 0 aliphatic rings. The number of nitrogens with two attached hydrogens (primary N) is 1. The van der Waals surface area contributed by atoms with Crippen LogP contribution in [0.25, 0.3) is 0 Å². The Morgan fingerprint density at radius 1 is 1.13 bits per heavy atom. The van der Waals surface area contributed by atoms with E-state index in [2.05, 4.69) is 15.0 Å². The van der Waals surface area contributed by atoms with Crippen molar-refractivity contribution in [3.05, 3.63) is 0 Å². The van der Waals surface area contributed by atoms with Crippen LogP contribution in [0.2, 0.25) is 0 Å². The molecular formula is C8H14N4O3. The van der Waals surface area contributed by atoms with Crippen LogP contribution >= 0.6 is 0 Å². The molecule has 15 heavy (non-hydrogen) atoms. The average Bonchev–Trinajstić information content (AvgIpc) is 2.23. The summed E-state index contributed by atoms with van der Waals surface area (Å²) in [6.45, 7) is 3.39. The van der Waals surface area contributed by atoms with E-state index in [1.165, 1.54) is 7.11 Å². The molecule has 0 aromatic carbocycles. The van der Waals surface area contributed by atoms with E-state index in [0.717, 1.165) is 0 Å². The third kappa shape index (κ3) is 3.94. The van der Waals surface area contributed by atoms with Gasteiger partial charge in [-0.3, -0.25) is 0 Å². The molecule has 0 atom stereocenters. The van der Waals surface area contributed by atoms with Gasteiger partial charge in [-0.15, -0.1) is 4.98 Å². The summed E-state index contributed by atoms with van der Waals surface area (Å²) in [4.78, 5) is 11.3. The van der Waals surface area contributed by atoms with E-state index >= 15 is 0 Å². The topological polar surface area (TPSA) is 92.4 Å². The molecule has 1 aromatic heterocycles. The lowest BCUT2D eigenvalue weighted by atomic mass is 10.7. The smallest absolute Gasteiger partial charge is 0.324 e. The minimum atomic E-state index is 0.0632. The summed E-state index contributed by atoms with van der Waals surface area (Å²) in [5, 5.41) is 0. The summed E-state index contributed by atoms with van der Waals surface area (Å²) in [6.07, 6.45) is 0. The first-order valence-corrected chi connectivity index (χ1v) is 4.52. The van der Waals surface area contributed by atoms with Gasteiger partial charge in [0.15, 0.2) is 0 Å². The third-order valence-electron chi connectivity index (χ3n) is 1.46. The van der Waals surface area contributed by atoms with Crippen molar-refractivity contribution in [3.8, 4) is 12.0 Å². The Balaban J connectivity index is 2.49. The Labute approximate surface area is 87.6 Å². The van der Waals surface area contributed by atoms with Gasteiger partial charge in [0, 0.05) is 6.61 Å². The molecule has 0 spiro atoms. The highest BCUT2D eigenvalue weighted by Crippen LogP contribution is 2.09. The lowest BCUT2D eigenvalue weighted by molar-refractivity contribution is 0.106. The lowest BCUT2D eigenvalue weighted by Gasteiger charge is -2.05. The van der Waals surface area contributed by atoms with Gasteiger partial charge >= 0.3 is 12.0 Å². The molecule has 7 nitrogen and oxygen atoms in total. The zero-order valence-corrected chi connectivity index (χ0v) is 8.77. The van der Waals surface area contributed by atoms with Crippen molar-refractivity contribution in [1.29, 1.82) is 0 Å². The van der Waals surface area contributed by atoms with E-state index in [1.807, 2.05) is 6.92 Å². The van der Waals surface area contributed by atoms with E-state index < -0.39 is 0 Å². The van der Waals surface area contributed by atoms with Crippen molar-refractivity contribution in [2.75, 3.05) is 32.7 Å². The molecule has 7 heteroatoms. The SMILES string of the molecule is CCOCCOc1nc(N)nc(OC)n1. The fourth-order valence-corrected chi connectivity index (χ4v) is 0.845. The highest BCUT2D eigenvalue weighted by Gasteiger charge is 2.04. The van der Waals surface area contributed by atoms with Gasteiger partial charge in [-0.2, -0.15) is 9.97 Å². The average molecular weight is 214 g/mol. The summed E-state index contributed by atoms with van der Waals surface area (Å²) >= 11 is 0. The first kappa shape index (κ1) is 11.4. The van der Waals surface area contributed by atoms with Crippen molar-refractivity contribution in [1.82, 2.24) is 15.0 Å². The first-order valence-electron chi connectivity index (χ1n) is 4.52. The quantitative estimate of drug-likeness (QED) is 0.660. The fourth-order valence-electron chi connectivity index (χ4n) is 0.845. The van der Waals surface area contributed by atoms with E-state index in [0.29, 0.717) is 19.8 Å². The second kappa shape index (κ2) is 5.97. The molecule has 0 fully saturated rings. The van der Waals surface area contributed by atoms with Crippen LogP contribution in [0.4, 0.5) is 5.95 Å². The Hall–Kier alpha value is -1.63. The summed E-state index contributed by atoms with van der Waals surface area (Å²) < 4.78 is 15.1. The largest absolute Gasteiger partial charge is 0.467 e. The van der Waals surface area contributed by atoms with Gasteiger partial charge in [0.2, 0.25) is 5.95 Å². The molecule has 0 saturated heterocycles. The summed E-state index contributed by atoms with van der Waals surface area (Å²) in [6, 6.07) is 0.271. The number of hydrogen-bond donors (Lipinski definition) is 1. The molecule has 1 aromatic rings. The summed E-state index contributed by atoms with van der Waals surface area (Å²) in [7, 11) is 1.44. The summed E-state index contributed by atoms with van der Waals surface area (Å²) in [5.41, 5.74) is 5.41. The van der Waals surface area contributed by atoms with Crippen molar-refractivity contribution >= 4 is 5.95 Å². The molecule has 0 unspecified atom stereocenters. The van der Waals surface area contributed by atoms with Crippen LogP contribution in [0.5, 0.6) is 12.0 Å². The Kier molecular flexibility index (Phi) is 4.55. The predicted octanol–water partition coefficient (Wildman–Crippen LogP) is -0.122. The number of ether oxygens (including phenoxy) is 3. The van der Waals surface area contributed by atoms with Gasteiger partial charge in [0.05, 0.1) is 13.7 Å². The second-order valence-corrected chi connectivity index (χ2v) is 2.51. The Morgan fingerprint density at radius 3 is 2.53 bits per heavy atom. The molecular weight excluding hydrogens is 200 g/mol. The molecule has 0 bridgehead atoms. The van der Waals surface area contributed by atoms with Gasteiger partial charge in [-0.05, 0) is 6.92 Å². The van der Waals surface area contributed by atoms with E-state index in [9.17, 15) is 0 Å². The minimum Gasteiger partial charge on any atom is -0.467 e. The van der Waals surface area contributed by atoms with Crippen molar-refractivity contribution in [3.63, 3.8) is 0 Å². The number of nitrogens with zero attached hydrogens (tertiary/aromatic N) is 3. The minimum absolute atomic E-state index is 0.0632. The normalized spacial score (nSPS) is 10.0. The maximum absolute atomic E-state index is 5.41. The van der Waals surface area contributed by atoms with Crippen molar-refractivity contribution < 1.29 is 14.2 Å². The standard InChI is InChI=1S/C8H14N4O3/c1-3-14-4-5-15-8-11-6(9)10-7(12-8)13-2/h3-5H2,1-2H3,(H2,9,10,11,12). The molecule has 0 aliphatic carbocycles. The number of hydrogen-bond acceptors (Lipinski definition) is 7. The second-order valence-electron chi connectivity index (χ2n) is 2.51. The Bertz CT molecular complexity index is 308. The number of aromatic nitrogens is 3. The number of anilines is 1.